The molecule has 0 N–H and O–H groups in total. The van der Waals surface area contributed by atoms with Crippen LogP contribution in [-0.2, 0) is 16.1 Å². The van der Waals surface area contributed by atoms with Gasteiger partial charge >= 0.3 is 5.97 Å². The van der Waals surface area contributed by atoms with Crippen LogP contribution < -0.4 is 4.74 Å². The number of carbonyl (C=O) groups is 2. The van der Waals surface area contributed by atoms with Crippen molar-refractivity contribution in [1.29, 1.82) is 0 Å². The fourth-order valence-electron chi connectivity index (χ4n) is 3.25. The Bertz CT molecular complexity index is 815. The Morgan fingerprint density at radius 1 is 1.00 bits per heavy atom. The molecule has 3 rings (SSSR count). The number of aryl methyl sites for hydroxylation is 1. The van der Waals surface area contributed by atoms with Gasteiger partial charge in [-0.2, -0.15) is 0 Å². The van der Waals surface area contributed by atoms with Crippen LogP contribution in [0.25, 0.3) is 0 Å². The van der Waals surface area contributed by atoms with Crippen molar-refractivity contribution in [3.8, 4) is 5.75 Å². The Morgan fingerprint density at radius 2 is 1.71 bits per heavy atom. The SMILES string of the molecule is COc1cc(C(=O)OCC(=O)N2CCN(Cc3ccccc3)CC2)ccc1C. The van der Waals surface area contributed by atoms with Crippen LogP contribution in [0.5, 0.6) is 5.75 Å². The topological polar surface area (TPSA) is 59.1 Å². The lowest BCUT2D eigenvalue weighted by Crippen LogP contribution is -2.49. The van der Waals surface area contributed by atoms with E-state index >= 15 is 0 Å². The molecule has 2 aromatic rings. The summed E-state index contributed by atoms with van der Waals surface area (Å²) in [6, 6.07) is 15.4. The third-order valence-electron chi connectivity index (χ3n) is 4.94. The Hall–Kier alpha value is -2.86. The highest BCUT2D eigenvalue weighted by Gasteiger charge is 2.22. The molecule has 0 spiro atoms. The van der Waals surface area contributed by atoms with Gasteiger partial charge in [0.05, 0.1) is 12.7 Å². The second-order valence-electron chi connectivity index (χ2n) is 6.90. The normalized spacial score (nSPS) is 14.6. The highest BCUT2D eigenvalue weighted by atomic mass is 16.5. The van der Waals surface area contributed by atoms with Crippen molar-refractivity contribution in [2.75, 3.05) is 39.9 Å². The summed E-state index contributed by atoms with van der Waals surface area (Å²) in [5.74, 6) is -0.0588. The molecule has 1 heterocycles. The van der Waals surface area contributed by atoms with E-state index in [0.29, 0.717) is 24.4 Å². The molecular formula is C22H26N2O4. The van der Waals surface area contributed by atoms with Crippen molar-refractivity contribution in [2.45, 2.75) is 13.5 Å². The van der Waals surface area contributed by atoms with Crippen LogP contribution in [0.1, 0.15) is 21.5 Å². The van der Waals surface area contributed by atoms with Gasteiger partial charge in [-0.05, 0) is 30.2 Å². The van der Waals surface area contributed by atoms with E-state index in [0.717, 1.165) is 25.2 Å². The molecule has 0 aromatic heterocycles. The van der Waals surface area contributed by atoms with Gasteiger partial charge in [-0.15, -0.1) is 0 Å². The zero-order valence-corrected chi connectivity index (χ0v) is 16.4. The molecule has 6 nitrogen and oxygen atoms in total. The maximum atomic E-state index is 12.4. The van der Waals surface area contributed by atoms with E-state index in [4.69, 9.17) is 9.47 Å². The third kappa shape index (κ3) is 5.10. The van der Waals surface area contributed by atoms with Crippen LogP contribution in [0.3, 0.4) is 0 Å². The van der Waals surface area contributed by atoms with Gasteiger partial charge in [0, 0.05) is 32.7 Å². The molecule has 0 saturated carbocycles. The number of hydrogen-bond acceptors (Lipinski definition) is 5. The molecular weight excluding hydrogens is 356 g/mol. The van der Waals surface area contributed by atoms with Crippen LogP contribution in [-0.4, -0.2) is 61.6 Å². The average Bonchev–Trinajstić information content (AvgIpc) is 2.73. The molecule has 0 bridgehead atoms. The molecule has 28 heavy (non-hydrogen) atoms. The van der Waals surface area contributed by atoms with E-state index in [9.17, 15) is 9.59 Å². The molecule has 0 unspecified atom stereocenters. The average molecular weight is 382 g/mol. The zero-order valence-electron chi connectivity index (χ0n) is 16.4. The molecule has 1 saturated heterocycles. The van der Waals surface area contributed by atoms with E-state index in [1.165, 1.54) is 5.56 Å². The van der Waals surface area contributed by atoms with Gasteiger partial charge in [0.1, 0.15) is 5.75 Å². The summed E-state index contributed by atoms with van der Waals surface area (Å²) >= 11 is 0. The number of carbonyl (C=O) groups excluding carboxylic acids is 2. The number of amides is 1. The lowest BCUT2D eigenvalue weighted by Gasteiger charge is -2.34. The highest BCUT2D eigenvalue weighted by molar-refractivity contribution is 5.91. The van der Waals surface area contributed by atoms with Gasteiger partial charge in [0.25, 0.3) is 5.91 Å². The number of benzene rings is 2. The van der Waals surface area contributed by atoms with Crippen molar-refractivity contribution >= 4 is 11.9 Å². The molecule has 2 aromatic carbocycles. The number of esters is 1. The molecule has 1 aliphatic rings. The molecule has 1 aliphatic heterocycles. The Kier molecular flexibility index (Phi) is 6.66. The summed E-state index contributed by atoms with van der Waals surface area (Å²) in [5, 5.41) is 0. The summed E-state index contributed by atoms with van der Waals surface area (Å²) in [4.78, 5) is 28.7. The molecule has 148 valence electrons. The van der Waals surface area contributed by atoms with Crippen LogP contribution in [0.4, 0.5) is 0 Å². The Labute approximate surface area is 165 Å². The fourth-order valence-corrected chi connectivity index (χ4v) is 3.25. The maximum absolute atomic E-state index is 12.4. The van der Waals surface area contributed by atoms with Crippen molar-refractivity contribution < 1.29 is 19.1 Å². The standard InChI is InChI=1S/C22H26N2O4/c1-17-8-9-19(14-20(17)27-2)22(26)28-16-21(25)24-12-10-23(11-13-24)15-18-6-4-3-5-7-18/h3-9,14H,10-13,15-16H2,1-2H3. The highest BCUT2D eigenvalue weighted by Crippen LogP contribution is 2.19. The van der Waals surface area contributed by atoms with Crippen molar-refractivity contribution in [3.63, 3.8) is 0 Å². The van der Waals surface area contributed by atoms with E-state index < -0.39 is 5.97 Å². The number of methoxy groups -OCH3 is 1. The minimum atomic E-state index is -0.519. The van der Waals surface area contributed by atoms with Crippen LogP contribution in [0, 0.1) is 6.92 Å². The lowest BCUT2D eigenvalue weighted by atomic mass is 10.1. The quantitative estimate of drug-likeness (QED) is 0.719. The van der Waals surface area contributed by atoms with Gasteiger partial charge in [-0.3, -0.25) is 9.69 Å². The van der Waals surface area contributed by atoms with Gasteiger partial charge in [0.2, 0.25) is 0 Å². The first-order valence-electron chi connectivity index (χ1n) is 9.42. The minimum absolute atomic E-state index is 0.160. The largest absolute Gasteiger partial charge is 0.496 e. The smallest absolute Gasteiger partial charge is 0.338 e. The van der Waals surface area contributed by atoms with Crippen LogP contribution in [0.15, 0.2) is 48.5 Å². The third-order valence-corrected chi connectivity index (χ3v) is 4.94. The van der Waals surface area contributed by atoms with Gasteiger partial charge in [-0.1, -0.05) is 36.4 Å². The number of ether oxygens (including phenoxy) is 2. The maximum Gasteiger partial charge on any atom is 0.338 e. The number of nitrogens with zero attached hydrogens (tertiary/aromatic N) is 2. The van der Waals surface area contributed by atoms with Crippen molar-refractivity contribution in [1.82, 2.24) is 9.80 Å². The van der Waals surface area contributed by atoms with E-state index in [2.05, 4.69) is 17.0 Å². The summed E-state index contributed by atoms with van der Waals surface area (Å²) in [5.41, 5.74) is 2.58. The number of piperazine rings is 1. The minimum Gasteiger partial charge on any atom is -0.496 e. The van der Waals surface area contributed by atoms with E-state index in [-0.39, 0.29) is 12.5 Å². The molecule has 0 aliphatic carbocycles. The fraction of sp³-hybridized carbons (Fsp3) is 0.364. The van der Waals surface area contributed by atoms with Crippen molar-refractivity contribution in [2.24, 2.45) is 0 Å². The van der Waals surface area contributed by atoms with Crippen LogP contribution in [0.2, 0.25) is 0 Å². The first-order chi connectivity index (χ1) is 13.6. The molecule has 1 fully saturated rings. The Balaban J connectivity index is 1.45. The van der Waals surface area contributed by atoms with Crippen molar-refractivity contribution in [3.05, 3.63) is 65.2 Å². The van der Waals surface area contributed by atoms with E-state index in [1.807, 2.05) is 25.1 Å². The zero-order chi connectivity index (χ0) is 19.9. The molecule has 0 radical (unpaired) electrons. The van der Waals surface area contributed by atoms with Gasteiger partial charge in [0.15, 0.2) is 6.61 Å². The number of hydrogen-bond donors (Lipinski definition) is 0. The van der Waals surface area contributed by atoms with Gasteiger partial charge < -0.3 is 14.4 Å². The lowest BCUT2D eigenvalue weighted by molar-refractivity contribution is -0.136. The predicted octanol–water partition coefficient (Wildman–Crippen LogP) is 2.50. The second-order valence-corrected chi connectivity index (χ2v) is 6.90. The Morgan fingerprint density at radius 3 is 2.39 bits per heavy atom. The second kappa shape index (κ2) is 9.37. The molecule has 1 amide bonds. The van der Waals surface area contributed by atoms with Gasteiger partial charge in [-0.25, -0.2) is 4.79 Å². The molecule has 0 atom stereocenters. The predicted molar refractivity (Wildman–Crippen MR) is 106 cm³/mol. The monoisotopic (exact) mass is 382 g/mol. The summed E-state index contributed by atoms with van der Waals surface area (Å²) in [6.45, 7) is 5.44. The first-order valence-corrected chi connectivity index (χ1v) is 9.42. The van der Waals surface area contributed by atoms with Crippen LogP contribution >= 0.6 is 0 Å². The molecule has 6 heteroatoms. The van der Waals surface area contributed by atoms with E-state index in [1.54, 1.807) is 30.2 Å². The summed E-state index contributed by atoms with van der Waals surface area (Å²) < 4.78 is 10.4. The summed E-state index contributed by atoms with van der Waals surface area (Å²) in [7, 11) is 1.55. The number of rotatable bonds is 6. The summed E-state index contributed by atoms with van der Waals surface area (Å²) in [6.07, 6.45) is 0. The first kappa shape index (κ1) is 19.9.